The van der Waals surface area contributed by atoms with Crippen LogP contribution in [0.3, 0.4) is 0 Å². The van der Waals surface area contributed by atoms with Crippen LogP contribution in [0.1, 0.15) is 5.56 Å². The summed E-state index contributed by atoms with van der Waals surface area (Å²) in [7, 11) is 1.50. The number of nitrogens with zero attached hydrogens (tertiary/aromatic N) is 1. The summed E-state index contributed by atoms with van der Waals surface area (Å²) in [5.74, 6) is 0.496. The molecule has 0 bridgehead atoms. The first-order valence-corrected chi connectivity index (χ1v) is 5.03. The van der Waals surface area contributed by atoms with Gasteiger partial charge < -0.3 is 9.15 Å². The lowest BCUT2D eigenvalue weighted by atomic mass is 10.1. The molecule has 0 fully saturated rings. The SMILES string of the molecule is COc1cc(CC#N)cc2sc(=O)oc12. The molecule has 0 amide bonds. The van der Waals surface area contributed by atoms with E-state index in [1.165, 1.54) is 7.11 Å². The Hall–Kier alpha value is -1.80. The molecule has 2 rings (SSSR count). The van der Waals surface area contributed by atoms with Crippen LogP contribution in [0.15, 0.2) is 21.3 Å². The second-order valence-corrected chi connectivity index (χ2v) is 3.89. The van der Waals surface area contributed by atoms with E-state index in [2.05, 4.69) is 0 Å². The number of nitriles is 1. The fourth-order valence-electron chi connectivity index (χ4n) is 1.35. The zero-order valence-electron chi connectivity index (χ0n) is 7.94. The fourth-order valence-corrected chi connectivity index (χ4v) is 2.10. The smallest absolute Gasteiger partial charge is 0.396 e. The molecule has 0 aliphatic rings. The van der Waals surface area contributed by atoms with Gasteiger partial charge in [0.05, 0.1) is 24.3 Å². The van der Waals surface area contributed by atoms with Crippen LogP contribution in [-0.2, 0) is 6.42 Å². The van der Waals surface area contributed by atoms with Gasteiger partial charge in [-0.05, 0) is 17.7 Å². The highest BCUT2D eigenvalue weighted by Crippen LogP contribution is 2.29. The molecule has 0 spiro atoms. The summed E-state index contributed by atoms with van der Waals surface area (Å²) in [5, 5.41) is 8.59. The molecule has 0 aliphatic heterocycles. The van der Waals surface area contributed by atoms with Gasteiger partial charge in [-0.2, -0.15) is 5.26 Å². The molecule has 5 heteroatoms. The van der Waals surface area contributed by atoms with E-state index in [0.717, 1.165) is 16.9 Å². The number of rotatable bonds is 2. The minimum Gasteiger partial charge on any atom is -0.493 e. The van der Waals surface area contributed by atoms with Gasteiger partial charge in [-0.3, -0.25) is 0 Å². The van der Waals surface area contributed by atoms with Crippen molar-refractivity contribution in [3.63, 3.8) is 0 Å². The fraction of sp³-hybridized carbons (Fsp3) is 0.200. The molecular weight excluding hydrogens is 214 g/mol. The van der Waals surface area contributed by atoms with Crippen molar-refractivity contribution in [3.8, 4) is 11.8 Å². The monoisotopic (exact) mass is 221 g/mol. The Labute approximate surface area is 89.3 Å². The van der Waals surface area contributed by atoms with Crippen LogP contribution < -0.4 is 9.68 Å². The Balaban J connectivity index is 2.71. The van der Waals surface area contributed by atoms with Gasteiger partial charge in [0.25, 0.3) is 0 Å². The highest BCUT2D eigenvalue weighted by atomic mass is 32.1. The quantitative estimate of drug-likeness (QED) is 0.777. The molecule has 0 radical (unpaired) electrons. The summed E-state index contributed by atoms with van der Waals surface area (Å²) < 4.78 is 10.8. The van der Waals surface area contributed by atoms with Crippen LogP contribution in [-0.4, -0.2) is 7.11 Å². The van der Waals surface area contributed by atoms with Crippen LogP contribution in [0.5, 0.6) is 5.75 Å². The maximum absolute atomic E-state index is 11.1. The van der Waals surface area contributed by atoms with E-state index >= 15 is 0 Å². The van der Waals surface area contributed by atoms with E-state index in [4.69, 9.17) is 14.4 Å². The van der Waals surface area contributed by atoms with Gasteiger partial charge in [0.2, 0.25) is 0 Å². The predicted molar refractivity (Wildman–Crippen MR) is 56.2 cm³/mol. The van der Waals surface area contributed by atoms with Crippen molar-refractivity contribution in [3.05, 3.63) is 27.4 Å². The van der Waals surface area contributed by atoms with Crippen molar-refractivity contribution in [2.45, 2.75) is 6.42 Å². The van der Waals surface area contributed by atoms with Gasteiger partial charge in [0, 0.05) is 0 Å². The molecular formula is C10H7NO3S. The maximum Gasteiger partial charge on any atom is 0.396 e. The van der Waals surface area contributed by atoms with E-state index in [9.17, 15) is 4.79 Å². The second-order valence-electron chi connectivity index (χ2n) is 2.91. The highest BCUT2D eigenvalue weighted by Gasteiger charge is 2.10. The molecule has 15 heavy (non-hydrogen) atoms. The van der Waals surface area contributed by atoms with Crippen molar-refractivity contribution < 1.29 is 9.15 Å². The van der Waals surface area contributed by atoms with Crippen molar-refractivity contribution in [1.29, 1.82) is 5.26 Å². The zero-order chi connectivity index (χ0) is 10.8. The summed E-state index contributed by atoms with van der Waals surface area (Å²) in [6.07, 6.45) is 0.290. The Bertz CT molecular complexity index is 591. The molecule has 1 aromatic carbocycles. The van der Waals surface area contributed by atoms with Gasteiger partial charge in [-0.1, -0.05) is 11.3 Å². The third-order valence-electron chi connectivity index (χ3n) is 1.96. The number of methoxy groups -OCH3 is 1. The van der Waals surface area contributed by atoms with E-state index in [-0.39, 0.29) is 4.94 Å². The molecule has 0 atom stereocenters. The average Bonchev–Trinajstić information content (AvgIpc) is 2.57. The topological polar surface area (TPSA) is 63.2 Å². The van der Waals surface area contributed by atoms with Crippen LogP contribution in [0.4, 0.5) is 0 Å². The molecule has 4 nitrogen and oxygen atoms in total. The summed E-state index contributed by atoms with van der Waals surface area (Å²) in [5.41, 5.74) is 1.27. The van der Waals surface area contributed by atoms with Crippen LogP contribution in [0.2, 0.25) is 0 Å². The third-order valence-corrected chi connectivity index (χ3v) is 2.74. The van der Waals surface area contributed by atoms with Gasteiger partial charge in [-0.25, -0.2) is 4.79 Å². The Morgan fingerprint density at radius 2 is 2.40 bits per heavy atom. The summed E-state index contributed by atoms with van der Waals surface area (Å²) in [6, 6.07) is 5.53. The van der Waals surface area contributed by atoms with Crippen LogP contribution in [0, 0.1) is 11.3 Å². The Morgan fingerprint density at radius 3 is 3.07 bits per heavy atom. The van der Waals surface area contributed by atoms with Gasteiger partial charge in [-0.15, -0.1) is 0 Å². The molecule has 0 unspecified atom stereocenters. The summed E-state index contributed by atoms with van der Waals surface area (Å²) in [4.78, 5) is 10.7. The van der Waals surface area contributed by atoms with E-state index in [1.807, 2.05) is 6.07 Å². The standard InChI is InChI=1S/C10H7NO3S/c1-13-7-4-6(2-3-11)5-8-9(7)14-10(12)15-8/h4-5H,2H2,1H3. The number of benzene rings is 1. The van der Waals surface area contributed by atoms with Crippen LogP contribution >= 0.6 is 11.3 Å². The first-order chi connectivity index (χ1) is 7.24. The van der Waals surface area contributed by atoms with Crippen molar-refractivity contribution in [2.75, 3.05) is 7.11 Å². The molecule has 0 N–H and O–H groups in total. The van der Waals surface area contributed by atoms with E-state index in [1.54, 1.807) is 12.1 Å². The average molecular weight is 221 g/mol. The van der Waals surface area contributed by atoms with Gasteiger partial charge in [0.15, 0.2) is 11.3 Å². The van der Waals surface area contributed by atoms with E-state index in [0.29, 0.717) is 22.5 Å². The molecule has 1 heterocycles. The highest BCUT2D eigenvalue weighted by molar-refractivity contribution is 7.16. The molecule has 1 aromatic heterocycles. The molecule has 0 aliphatic carbocycles. The predicted octanol–water partition coefficient (Wildman–Crippen LogP) is 1.93. The Kier molecular flexibility index (Phi) is 2.44. The lowest BCUT2D eigenvalue weighted by Gasteiger charge is -2.01. The lowest BCUT2D eigenvalue weighted by molar-refractivity contribution is 0.408. The third kappa shape index (κ3) is 1.72. The number of hydrogen-bond acceptors (Lipinski definition) is 5. The minimum absolute atomic E-state index is 0.290. The summed E-state index contributed by atoms with van der Waals surface area (Å²) in [6.45, 7) is 0. The molecule has 0 saturated carbocycles. The molecule has 76 valence electrons. The number of hydrogen-bond donors (Lipinski definition) is 0. The maximum atomic E-state index is 11.1. The Morgan fingerprint density at radius 1 is 1.60 bits per heavy atom. The first-order valence-electron chi connectivity index (χ1n) is 4.22. The normalized spacial score (nSPS) is 10.1. The second kappa shape index (κ2) is 3.75. The minimum atomic E-state index is -0.364. The largest absolute Gasteiger partial charge is 0.493 e. The first kappa shape index (κ1) is 9.74. The molecule has 0 saturated heterocycles. The van der Waals surface area contributed by atoms with E-state index < -0.39 is 0 Å². The number of ether oxygens (including phenoxy) is 1. The zero-order valence-corrected chi connectivity index (χ0v) is 8.76. The molecule has 2 aromatic rings. The summed E-state index contributed by atoms with van der Waals surface area (Å²) >= 11 is 1.01. The van der Waals surface area contributed by atoms with Crippen molar-refractivity contribution in [1.82, 2.24) is 0 Å². The van der Waals surface area contributed by atoms with Crippen molar-refractivity contribution >= 4 is 21.6 Å². The number of fused-ring (bicyclic) bond motifs is 1. The van der Waals surface area contributed by atoms with Gasteiger partial charge >= 0.3 is 4.94 Å². The van der Waals surface area contributed by atoms with Crippen LogP contribution in [0.25, 0.3) is 10.3 Å². The lowest BCUT2D eigenvalue weighted by Crippen LogP contribution is -1.87. The van der Waals surface area contributed by atoms with Gasteiger partial charge in [0.1, 0.15) is 0 Å². The van der Waals surface area contributed by atoms with Crippen molar-refractivity contribution in [2.24, 2.45) is 0 Å².